The van der Waals surface area contributed by atoms with E-state index in [1.54, 1.807) is 0 Å². The Balaban J connectivity index is 2.00. The van der Waals surface area contributed by atoms with Crippen molar-refractivity contribution in [1.29, 1.82) is 0 Å². The number of rotatable bonds is 8. The fourth-order valence-corrected chi connectivity index (χ4v) is 2.77. The maximum Gasteiger partial charge on any atom is 0.0671 e. The molecule has 108 valence electrons. The summed E-state index contributed by atoms with van der Waals surface area (Å²) in [5.74, 6) is 2.51. The van der Waals surface area contributed by atoms with Crippen molar-refractivity contribution in [2.45, 2.75) is 65.9 Å². The summed E-state index contributed by atoms with van der Waals surface area (Å²) in [6.07, 6.45) is 7.17. The third-order valence-corrected chi connectivity index (χ3v) is 3.99. The minimum absolute atomic E-state index is 0.356. The lowest BCUT2D eigenvalue weighted by atomic mass is 9.83. The van der Waals surface area contributed by atoms with Crippen molar-refractivity contribution in [3.05, 3.63) is 0 Å². The van der Waals surface area contributed by atoms with Crippen LogP contribution in [-0.4, -0.2) is 25.8 Å². The van der Waals surface area contributed by atoms with E-state index in [2.05, 4.69) is 33.0 Å². The lowest BCUT2D eigenvalue weighted by Gasteiger charge is -2.27. The van der Waals surface area contributed by atoms with Gasteiger partial charge in [0, 0.05) is 13.2 Å². The van der Waals surface area contributed by atoms with E-state index in [0.717, 1.165) is 37.5 Å². The number of nitrogens with one attached hydrogen (secondary N) is 1. The van der Waals surface area contributed by atoms with E-state index in [-0.39, 0.29) is 0 Å². The molecule has 1 fully saturated rings. The summed E-state index contributed by atoms with van der Waals surface area (Å²) >= 11 is 0. The smallest absolute Gasteiger partial charge is 0.0671 e. The van der Waals surface area contributed by atoms with Gasteiger partial charge in [0.15, 0.2) is 0 Å². The maximum atomic E-state index is 5.97. The molecule has 1 saturated carbocycles. The van der Waals surface area contributed by atoms with Gasteiger partial charge in [0.2, 0.25) is 0 Å². The molecule has 0 aliphatic heterocycles. The van der Waals surface area contributed by atoms with Crippen molar-refractivity contribution in [3.63, 3.8) is 0 Å². The second kappa shape index (κ2) is 8.92. The second-order valence-electron chi connectivity index (χ2n) is 6.67. The zero-order valence-electron chi connectivity index (χ0n) is 12.9. The Morgan fingerprint density at radius 2 is 2.00 bits per heavy atom. The predicted octanol–water partition coefficient (Wildman–Crippen LogP) is 3.85. The fourth-order valence-electron chi connectivity index (χ4n) is 2.77. The van der Waals surface area contributed by atoms with Gasteiger partial charge in [-0.05, 0) is 50.5 Å². The Labute approximate surface area is 114 Å². The summed E-state index contributed by atoms with van der Waals surface area (Å²) in [6, 6.07) is 0. The van der Waals surface area contributed by atoms with Gasteiger partial charge in [-0.1, -0.05) is 33.6 Å². The lowest BCUT2D eigenvalue weighted by Crippen LogP contribution is -2.30. The molecule has 1 aliphatic rings. The number of hydrogen-bond acceptors (Lipinski definition) is 2. The standard InChI is InChI=1S/C16H33NO/c1-13(2)8-9-17-11-15(4)18-12-16-7-5-6-14(3)10-16/h13-17H,5-12H2,1-4H3. The predicted molar refractivity (Wildman–Crippen MR) is 78.9 cm³/mol. The lowest BCUT2D eigenvalue weighted by molar-refractivity contribution is 0.0261. The molecule has 0 aromatic heterocycles. The molecule has 3 atom stereocenters. The molecule has 3 unspecified atom stereocenters. The Bertz CT molecular complexity index is 205. The highest BCUT2D eigenvalue weighted by Gasteiger charge is 2.19. The Hall–Kier alpha value is -0.0800. The molecule has 0 saturated heterocycles. The van der Waals surface area contributed by atoms with Crippen LogP contribution >= 0.6 is 0 Å². The number of hydrogen-bond donors (Lipinski definition) is 1. The van der Waals surface area contributed by atoms with E-state index in [4.69, 9.17) is 4.74 Å². The Kier molecular flexibility index (Phi) is 7.92. The molecular formula is C16H33NO. The van der Waals surface area contributed by atoms with Crippen LogP contribution in [0.25, 0.3) is 0 Å². The van der Waals surface area contributed by atoms with Gasteiger partial charge in [-0.25, -0.2) is 0 Å². The van der Waals surface area contributed by atoms with Crippen molar-refractivity contribution in [3.8, 4) is 0 Å². The summed E-state index contributed by atoms with van der Waals surface area (Å²) in [7, 11) is 0. The van der Waals surface area contributed by atoms with Gasteiger partial charge in [-0.15, -0.1) is 0 Å². The van der Waals surface area contributed by atoms with Crippen LogP contribution in [0.3, 0.4) is 0 Å². The van der Waals surface area contributed by atoms with E-state index in [1.165, 1.54) is 32.1 Å². The van der Waals surface area contributed by atoms with Crippen molar-refractivity contribution < 1.29 is 4.74 Å². The van der Waals surface area contributed by atoms with Gasteiger partial charge in [-0.3, -0.25) is 0 Å². The maximum absolute atomic E-state index is 5.97. The third-order valence-electron chi connectivity index (χ3n) is 3.99. The van der Waals surface area contributed by atoms with Crippen LogP contribution in [0.5, 0.6) is 0 Å². The topological polar surface area (TPSA) is 21.3 Å². The molecule has 1 aliphatic carbocycles. The average molecular weight is 255 g/mol. The van der Waals surface area contributed by atoms with Gasteiger partial charge >= 0.3 is 0 Å². The number of ether oxygens (including phenoxy) is 1. The minimum atomic E-state index is 0.356. The zero-order valence-corrected chi connectivity index (χ0v) is 12.9. The van der Waals surface area contributed by atoms with Gasteiger partial charge in [0.05, 0.1) is 6.10 Å². The van der Waals surface area contributed by atoms with Crippen LogP contribution in [0.2, 0.25) is 0 Å². The van der Waals surface area contributed by atoms with Crippen molar-refractivity contribution in [1.82, 2.24) is 5.32 Å². The molecule has 1 rings (SSSR count). The third kappa shape index (κ3) is 7.38. The normalized spacial score (nSPS) is 26.5. The molecule has 0 heterocycles. The van der Waals surface area contributed by atoms with E-state index in [0.29, 0.717) is 6.10 Å². The average Bonchev–Trinajstić information content (AvgIpc) is 2.32. The first-order valence-corrected chi connectivity index (χ1v) is 7.90. The molecular weight excluding hydrogens is 222 g/mol. The minimum Gasteiger partial charge on any atom is -0.377 e. The molecule has 0 aromatic rings. The summed E-state index contributed by atoms with van der Waals surface area (Å²) in [5, 5.41) is 3.49. The SMILES string of the molecule is CC(C)CCNCC(C)OCC1CCCC(C)C1. The molecule has 0 spiro atoms. The van der Waals surface area contributed by atoms with Gasteiger partial charge in [-0.2, -0.15) is 0 Å². The summed E-state index contributed by atoms with van der Waals surface area (Å²) in [4.78, 5) is 0. The van der Waals surface area contributed by atoms with Gasteiger partial charge < -0.3 is 10.1 Å². The van der Waals surface area contributed by atoms with Gasteiger partial charge in [0.25, 0.3) is 0 Å². The van der Waals surface area contributed by atoms with Crippen LogP contribution in [-0.2, 0) is 4.74 Å². The van der Waals surface area contributed by atoms with Crippen LogP contribution in [0.4, 0.5) is 0 Å². The summed E-state index contributed by atoms with van der Waals surface area (Å²) < 4.78 is 5.97. The Morgan fingerprint density at radius 1 is 1.22 bits per heavy atom. The fraction of sp³-hybridized carbons (Fsp3) is 1.00. The first-order chi connectivity index (χ1) is 8.58. The van der Waals surface area contributed by atoms with Gasteiger partial charge in [0.1, 0.15) is 0 Å². The van der Waals surface area contributed by atoms with E-state index in [9.17, 15) is 0 Å². The van der Waals surface area contributed by atoms with Crippen molar-refractivity contribution >= 4 is 0 Å². The van der Waals surface area contributed by atoms with Crippen molar-refractivity contribution in [2.24, 2.45) is 17.8 Å². The second-order valence-corrected chi connectivity index (χ2v) is 6.67. The molecule has 0 bridgehead atoms. The summed E-state index contributed by atoms with van der Waals surface area (Å²) in [5.41, 5.74) is 0. The molecule has 1 N–H and O–H groups in total. The Morgan fingerprint density at radius 3 is 2.67 bits per heavy atom. The zero-order chi connectivity index (χ0) is 13.4. The highest BCUT2D eigenvalue weighted by Crippen LogP contribution is 2.28. The van der Waals surface area contributed by atoms with E-state index >= 15 is 0 Å². The van der Waals surface area contributed by atoms with Crippen LogP contribution in [0.15, 0.2) is 0 Å². The molecule has 0 radical (unpaired) electrons. The van der Waals surface area contributed by atoms with Crippen LogP contribution in [0, 0.1) is 17.8 Å². The molecule has 0 amide bonds. The monoisotopic (exact) mass is 255 g/mol. The first kappa shape index (κ1) is 16.0. The van der Waals surface area contributed by atoms with Crippen LogP contribution < -0.4 is 5.32 Å². The van der Waals surface area contributed by atoms with Crippen LogP contribution in [0.1, 0.15) is 59.8 Å². The van der Waals surface area contributed by atoms with E-state index < -0.39 is 0 Å². The first-order valence-electron chi connectivity index (χ1n) is 7.90. The molecule has 0 aromatic carbocycles. The molecule has 2 heteroatoms. The largest absolute Gasteiger partial charge is 0.377 e. The molecule has 2 nitrogen and oxygen atoms in total. The van der Waals surface area contributed by atoms with E-state index in [1.807, 2.05) is 0 Å². The quantitative estimate of drug-likeness (QED) is 0.665. The molecule has 18 heavy (non-hydrogen) atoms. The van der Waals surface area contributed by atoms with Crippen molar-refractivity contribution in [2.75, 3.05) is 19.7 Å². The summed E-state index contributed by atoms with van der Waals surface area (Å²) in [6.45, 7) is 12.2. The highest BCUT2D eigenvalue weighted by atomic mass is 16.5. The highest BCUT2D eigenvalue weighted by molar-refractivity contribution is 4.70.